The van der Waals surface area contributed by atoms with Crippen molar-refractivity contribution in [2.75, 3.05) is 5.32 Å². The fourth-order valence-corrected chi connectivity index (χ4v) is 2.88. The van der Waals surface area contributed by atoms with Crippen LogP contribution in [-0.4, -0.2) is 4.98 Å². The smallest absolute Gasteiger partial charge is 0.184 e. The Labute approximate surface area is 117 Å². The van der Waals surface area contributed by atoms with Gasteiger partial charge in [-0.05, 0) is 29.7 Å². The third-order valence-corrected chi connectivity index (χ3v) is 4.16. The predicted molar refractivity (Wildman–Crippen MR) is 82.8 cm³/mol. The number of benzene rings is 2. The second kappa shape index (κ2) is 5.41. The van der Waals surface area contributed by atoms with Crippen LogP contribution < -0.4 is 5.32 Å². The molecule has 0 spiro atoms. The summed E-state index contributed by atoms with van der Waals surface area (Å²) < 4.78 is 1.23. The van der Waals surface area contributed by atoms with E-state index in [2.05, 4.69) is 47.6 Å². The Balaban J connectivity index is 1.70. The highest BCUT2D eigenvalue weighted by atomic mass is 32.1. The van der Waals surface area contributed by atoms with E-state index in [-0.39, 0.29) is 0 Å². The number of hydrogen-bond acceptors (Lipinski definition) is 3. The Kier molecular flexibility index (Phi) is 3.47. The van der Waals surface area contributed by atoms with Crippen LogP contribution in [0.2, 0.25) is 0 Å². The number of anilines is 1. The number of para-hydroxylation sites is 1. The van der Waals surface area contributed by atoms with Crippen LogP contribution in [-0.2, 0) is 13.0 Å². The van der Waals surface area contributed by atoms with Crippen molar-refractivity contribution >= 4 is 26.7 Å². The third-order valence-electron chi connectivity index (χ3n) is 3.17. The lowest BCUT2D eigenvalue weighted by Gasteiger charge is -2.03. The van der Waals surface area contributed by atoms with Crippen molar-refractivity contribution < 1.29 is 0 Å². The van der Waals surface area contributed by atoms with Crippen LogP contribution in [0.15, 0.2) is 48.5 Å². The number of hydrogen-bond donors (Lipinski definition) is 1. The van der Waals surface area contributed by atoms with Gasteiger partial charge in [0.1, 0.15) is 0 Å². The Morgan fingerprint density at radius 3 is 2.47 bits per heavy atom. The van der Waals surface area contributed by atoms with Crippen molar-refractivity contribution in [2.24, 2.45) is 0 Å². The Morgan fingerprint density at radius 1 is 1.00 bits per heavy atom. The summed E-state index contributed by atoms with van der Waals surface area (Å²) in [5, 5.41) is 4.38. The molecule has 1 N–H and O–H groups in total. The number of nitrogens with zero attached hydrogens (tertiary/aromatic N) is 1. The number of fused-ring (bicyclic) bond motifs is 1. The Bertz CT molecular complexity index is 638. The minimum absolute atomic E-state index is 0.823. The fraction of sp³-hybridized carbons (Fsp3) is 0.188. The molecule has 0 saturated carbocycles. The van der Waals surface area contributed by atoms with Crippen LogP contribution in [0.25, 0.3) is 10.2 Å². The number of aryl methyl sites for hydroxylation is 1. The van der Waals surface area contributed by atoms with Crippen LogP contribution in [0.4, 0.5) is 5.13 Å². The molecular formula is C16H16N2S. The first-order valence-corrected chi connectivity index (χ1v) is 7.34. The molecule has 1 heterocycles. The lowest BCUT2D eigenvalue weighted by molar-refractivity contribution is 1.10. The van der Waals surface area contributed by atoms with Gasteiger partial charge in [0.2, 0.25) is 0 Å². The summed E-state index contributed by atoms with van der Waals surface area (Å²) in [6.07, 6.45) is 1.09. The van der Waals surface area contributed by atoms with Crippen LogP contribution in [0.3, 0.4) is 0 Å². The van der Waals surface area contributed by atoms with Gasteiger partial charge in [-0.2, -0.15) is 0 Å². The normalized spacial score (nSPS) is 10.8. The van der Waals surface area contributed by atoms with E-state index < -0.39 is 0 Å². The molecule has 0 amide bonds. The lowest BCUT2D eigenvalue weighted by Crippen LogP contribution is -1.98. The molecule has 1 aromatic heterocycles. The number of nitrogens with one attached hydrogen (secondary N) is 1. The van der Waals surface area contributed by atoms with E-state index in [0.29, 0.717) is 0 Å². The summed E-state index contributed by atoms with van der Waals surface area (Å²) in [4.78, 5) is 4.57. The van der Waals surface area contributed by atoms with Gasteiger partial charge in [0, 0.05) is 6.54 Å². The molecule has 0 radical (unpaired) electrons. The molecule has 96 valence electrons. The second-order valence-corrected chi connectivity index (χ2v) is 5.54. The topological polar surface area (TPSA) is 24.9 Å². The monoisotopic (exact) mass is 268 g/mol. The molecule has 0 saturated heterocycles. The van der Waals surface area contributed by atoms with Crippen molar-refractivity contribution in [1.29, 1.82) is 0 Å². The Hall–Kier alpha value is -1.87. The van der Waals surface area contributed by atoms with Gasteiger partial charge >= 0.3 is 0 Å². The van der Waals surface area contributed by atoms with Crippen molar-refractivity contribution in [1.82, 2.24) is 4.98 Å². The summed E-state index contributed by atoms with van der Waals surface area (Å²) in [5.74, 6) is 0. The van der Waals surface area contributed by atoms with Crippen molar-refractivity contribution in [2.45, 2.75) is 19.9 Å². The molecule has 0 atom stereocenters. The number of aromatic nitrogens is 1. The summed E-state index contributed by atoms with van der Waals surface area (Å²) >= 11 is 1.70. The maximum absolute atomic E-state index is 4.57. The summed E-state index contributed by atoms with van der Waals surface area (Å²) in [6, 6.07) is 17.0. The molecule has 3 heteroatoms. The molecule has 0 bridgehead atoms. The van der Waals surface area contributed by atoms with Crippen molar-refractivity contribution in [3.63, 3.8) is 0 Å². The van der Waals surface area contributed by atoms with Gasteiger partial charge < -0.3 is 5.32 Å². The fourth-order valence-electron chi connectivity index (χ4n) is 2.02. The van der Waals surface area contributed by atoms with Gasteiger partial charge in [-0.1, -0.05) is 54.7 Å². The molecule has 0 aliphatic carbocycles. The maximum atomic E-state index is 4.57. The molecule has 0 aliphatic heterocycles. The standard InChI is InChI=1S/C16H16N2S/c1-2-12-7-9-13(10-8-12)11-17-16-18-14-5-3-4-6-15(14)19-16/h3-10H,2,11H2,1H3,(H,17,18). The minimum Gasteiger partial charge on any atom is -0.357 e. The summed E-state index contributed by atoms with van der Waals surface area (Å²) in [6.45, 7) is 3.00. The first kappa shape index (κ1) is 12.2. The predicted octanol–water partition coefficient (Wildman–Crippen LogP) is 4.47. The molecule has 3 aromatic rings. The van der Waals surface area contributed by atoms with E-state index in [1.54, 1.807) is 11.3 Å². The van der Waals surface area contributed by atoms with E-state index in [9.17, 15) is 0 Å². The van der Waals surface area contributed by atoms with Crippen LogP contribution in [0.1, 0.15) is 18.1 Å². The van der Waals surface area contributed by atoms with E-state index in [1.807, 2.05) is 18.2 Å². The zero-order valence-corrected chi connectivity index (χ0v) is 11.7. The summed E-state index contributed by atoms with van der Waals surface area (Å²) in [7, 11) is 0. The Morgan fingerprint density at radius 2 is 1.74 bits per heavy atom. The van der Waals surface area contributed by atoms with Crippen LogP contribution in [0.5, 0.6) is 0 Å². The molecule has 2 nitrogen and oxygen atoms in total. The quantitative estimate of drug-likeness (QED) is 0.755. The number of thiazole rings is 1. The van der Waals surface area contributed by atoms with Gasteiger partial charge in [0.05, 0.1) is 10.2 Å². The first-order chi connectivity index (χ1) is 9.35. The van der Waals surface area contributed by atoms with Crippen LogP contribution in [0, 0.1) is 0 Å². The molecule has 0 unspecified atom stereocenters. The average molecular weight is 268 g/mol. The summed E-state index contributed by atoms with van der Waals surface area (Å²) in [5.41, 5.74) is 3.73. The first-order valence-electron chi connectivity index (χ1n) is 6.52. The second-order valence-electron chi connectivity index (χ2n) is 4.51. The highest BCUT2D eigenvalue weighted by Crippen LogP contribution is 2.25. The zero-order chi connectivity index (χ0) is 13.1. The van der Waals surface area contributed by atoms with E-state index in [1.165, 1.54) is 15.8 Å². The van der Waals surface area contributed by atoms with E-state index in [4.69, 9.17) is 0 Å². The third kappa shape index (κ3) is 2.76. The average Bonchev–Trinajstić information content (AvgIpc) is 2.88. The van der Waals surface area contributed by atoms with Gasteiger partial charge in [0.15, 0.2) is 5.13 Å². The SMILES string of the molecule is CCc1ccc(CNc2nc3ccccc3s2)cc1. The molecule has 0 aliphatic rings. The number of rotatable bonds is 4. The van der Waals surface area contributed by atoms with Gasteiger partial charge in [-0.3, -0.25) is 0 Å². The highest BCUT2D eigenvalue weighted by molar-refractivity contribution is 7.22. The zero-order valence-electron chi connectivity index (χ0n) is 10.9. The van der Waals surface area contributed by atoms with Gasteiger partial charge in [-0.25, -0.2) is 4.98 Å². The van der Waals surface area contributed by atoms with E-state index in [0.717, 1.165) is 23.6 Å². The van der Waals surface area contributed by atoms with Gasteiger partial charge in [-0.15, -0.1) is 0 Å². The molecule has 19 heavy (non-hydrogen) atoms. The van der Waals surface area contributed by atoms with E-state index >= 15 is 0 Å². The van der Waals surface area contributed by atoms with Crippen molar-refractivity contribution in [3.8, 4) is 0 Å². The largest absolute Gasteiger partial charge is 0.357 e. The van der Waals surface area contributed by atoms with Crippen LogP contribution >= 0.6 is 11.3 Å². The molecule has 3 rings (SSSR count). The molecular weight excluding hydrogens is 252 g/mol. The molecule has 0 fully saturated rings. The lowest BCUT2D eigenvalue weighted by atomic mass is 10.1. The van der Waals surface area contributed by atoms with Gasteiger partial charge in [0.25, 0.3) is 0 Å². The maximum Gasteiger partial charge on any atom is 0.184 e. The minimum atomic E-state index is 0.823. The molecule has 2 aromatic carbocycles. The highest BCUT2D eigenvalue weighted by Gasteiger charge is 2.02. The van der Waals surface area contributed by atoms with Crippen molar-refractivity contribution in [3.05, 3.63) is 59.7 Å².